The Morgan fingerprint density at radius 1 is 1.21 bits per heavy atom. The Balaban J connectivity index is 1.51. The fourth-order valence-electron chi connectivity index (χ4n) is 4.18. The normalized spacial score (nSPS) is 17.8. The van der Waals surface area contributed by atoms with Crippen LogP contribution in [0.4, 0.5) is 0 Å². The molecular formula is C23H22N2O3S. The third-order valence-corrected chi connectivity index (χ3v) is 6.76. The number of likely N-dealkylation sites (tertiary alicyclic amines) is 1. The number of para-hydroxylation sites is 1. The van der Waals surface area contributed by atoms with Crippen molar-refractivity contribution in [2.75, 3.05) is 13.7 Å². The van der Waals surface area contributed by atoms with Gasteiger partial charge in [0, 0.05) is 24.1 Å². The highest BCUT2D eigenvalue weighted by Gasteiger charge is 2.27. The molecule has 0 N–H and O–H groups in total. The van der Waals surface area contributed by atoms with Gasteiger partial charge in [0.2, 0.25) is 0 Å². The molecule has 1 atom stereocenters. The second kappa shape index (κ2) is 7.61. The highest BCUT2D eigenvalue weighted by Crippen LogP contribution is 2.37. The van der Waals surface area contributed by atoms with E-state index in [-0.39, 0.29) is 11.7 Å². The van der Waals surface area contributed by atoms with Crippen LogP contribution in [-0.2, 0) is 6.54 Å². The summed E-state index contributed by atoms with van der Waals surface area (Å²) < 4.78 is 11.9. The molecule has 5 nitrogen and oxygen atoms in total. The van der Waals surface area contributed by atoms with Gasteiger partial charge in [-0.3, -0.25) is 4.90 Å². The van der Waals surface area contributed by atoms with Gasteiger partial charge in [-0.1, -0.05) is 18.6 Å². The molecule has 1 fully saturated rings. The van der Waals surface area contributed by atoms with E-state index in [4.69, 9.17) is 14.1 Å². The SMILES string of the molecule is COc1ccc2c(CN3CCCC[C@H]3c3nc4ccccc4s3)cc(=O)oc2c1. The summed E-state index contributed by atoms with van der Waals surface area (Å²) in [4.78, 5) is 19.5. The lowest BCUT2D eigenvalue weighted by molar-refractivity contribution is 0.140. The van der Waals surface area contributed by atoms with Gasteiger partial charge in [0.1, 0.15) is 16.3 Å². The van der Waals surface area contributed by atoms with Gasteiger partial charge in [-0.05, 0) is 49.2 Å². The molecule has 0 bridgehead atoms. The van der Waals surface area contributed by atoms with Crippen molar-refractivity contribution in [3.63, 3.8) is 0 Å². The number of rotatable bonds is 4. The third kappa shape index (κ3) is 3.54. The Bertz CT molecular complexity index is 1200. The van der Waals surface area contributed by atoms with E-state index in [1.54, 1.807) is 30.6 Å². The van der Waals surface area contributed by atoms with E-state index in [9.17, 15) is 4.79 Å². The Kier molecular flexibility index (Phi) is 4.81. The smallest absolute Gasteiger partial charge is 0.336 e. The molecule has 29 heavy (non-hydrogen) atoms. The summed E-state index contributed by atoms with van der Waals surface area (Å²) in [7, 11) is 1.61. The maximum Gasteiger partial charge on any atom is 0.336 e. The zero-order valence-corrected chi connectivity index (χ0v) is 17.1. The summed E-state index contributed by atoms with van der Waals surface area (Å²) >= 11 is 1.78. The van der Waals surface area contributed by atoms with Crippen molar-refractivity contribution < 1.29 is 9.15 Å². The van der Waals surface area contributed by atoms with Crippen molar-refractivity contribution >= 4 is 32.5 Å². The zero-order chi connectivity index (χ0) is 19.8. The van der Waals surface area contributed by atoms with E-state index in [2.05, 4.69) is 23.1 Å². The first kappa shape index (κ1) is 18.3. The predicted octanol–water partition coefficient (Wildman–Crippen LogP) is 5.14. The fraction of sp³-hybridized carbons (Fsp3) is 0.304. The van der Waals surface area contributed by atoms with Crippen LogP contribution in [0.2, 0.25) is 0 Å². The lowest BCUT2D eigenvalue weighted by atomic mass is 10.0. The topological polar surface area (TPSA) is 55.6 Å². The molecule has 0 aliphatic carbocycles. The molecule has 0 spiro atoms. The van der Waals surface area contributed by atoms with Gasteiger partial charge in [0.25, 0.3) is 0 Å². The second-order valence-corrected chi connectivity index (χ2v) is 8.52. The maximum absolute atomic E-state index is 12.2. The summed E-state index contributed by atoms with van der Waals surface area (Å²) in [5, 5.41) is 2.12. The molecule has 4 aromatic rings. The highest BCUT2D eigenvalue weighted by atomic mass is 32.1. The molecule has 1 saturated heterocycles. The van der Waals surface area contributed by atoms with Gasteiger partial charge in [0.05, 0.1) is 23.4 Å². The largest absolute Gasteiger partial charge is 0.497 e. The minimum Gasteiger partial charge on any atom is -0.497 e. The van der Waals surface area contributed by atoms with Crippen molar-refractivity contribution in [2.45, 2.75) is 31.8 Å². The van der Waals surface area contributed by atoms with Crippen LogP contribution in [0.25, 0.3) is 21.2 Å². The van der Waals surface area contributed by atoms with Crippen LogP contribution in [0.3, 0.4) is 0 Å². The predicted molar refractivity (Wildman–Crippen MR) is 116 cm³/mol. The first-order valence-corrected chi connectivity index (χ1v) is 10.7. The molecule has 0 radical (unpaired) electrons. The summed E-state index contributed by atoms with van der Waals surface area (Å²) in [6, 6.07) is 15.9. The second-order valence-electron chi connectivity index (χ2n) is 7.45. The average Bonchev–Trinajstić information content (AvgIpc) is 3.17. The van der Waals surface area contributed by atoms with E-state index in [1.807, 2.05) is 18.2 Å². The summed E-state index contributed by atoms with van der Waals surface area (Å²) in [5.41, 5.74) is 2.30. The van der Waals surface area contributed by atoms with Gasteiger partial charge < -0.3 is 9.15 Å². The number of thiazole rings is 1. The van der Waals surface area contributed by atoms with Crippen molar-refractivity contribution in [3.05, 3.63) is 69.5 Å². The molecule has 1 aliphatic heterocycles. The number of benzene rings is 2. The molecule has 1 aliphatic rings. The number of methoxy groups -OCH3 is 1. The van der Waals surface area contributed by atoms with E-state index < -0.39 is 0 Å². The number of piperidine rings is 1. The molecule has 2 aromatic heterocycles. The third-order valence-electron chi connectivity index (χ3n) is 5.62. The fourth-order valence-corrected chi connectivity index (χ4v) is 5.32. The molecule has 0 unspecified atom stereocenters. The molecule has 5 rings (SSSR count). The number of hydrogen-bond donors (Lipinski definition) is 0. The Labute approximate surface area is 172 Å². The lowest BCUT2D eigenvalue weighted by Crippen LogP contribution is -2.33. The van der Waals surface area contributed by atoms with Crippen molar-refractivity contribution in [3.8, 4) is 5.75 Å². The summed E-state index contributed by atoms with van der Waals surface area (Å²) in [5.74, 6) is 0.683. The Hall–Kier alpha value is -2.70. The van der Waals surface area contributed by atoms with Crippen molar-refractivity contribution in [1.82, 2.24) is 9.88 Å². The molecular weight excluding hydrogens is 384 g/mol. The van der Waals surface area contributed by atoms with Gasteiger partial charge in [-0.15, -0.1) is 11.3 Å². The summed E-state index contributed by atoms with van der Waals surface area (Å²) in [6.45, 7) is 1.70. The van der Waals surface area contributed by atoms with Crippen LogP contribution in [0, 0.1) is 0 Å². The molecule has 0 saturated carbocycles. The molecule has 2 aromatic carbocycles. The van der Waals surface area contributed by atoms with Crippen molar-refractivity contribution in [2.24, 2.45) is 0 Å². The molecule has 3 heterocycles. The van der Waals surface area contributed by atoms with Gasteiger partial charge in [0.15, 0.2) is 0 Å². The number of nitrogens with zero attached hydrogens (tertiary/aromatic N) is 2. The minimum absolute atomic E-state index is 0.279. The summed E-state index contributed by atoms with van der Waals surface area (Å²) in [6.07, 6.45) is 3.45. The van der Waals surface area contributed by atoms with Crippen molar-refractivity contribution in [1.29, 1.82) is 0 Å². The van der Waals surface area contributed by atoms with Gasteiger partial charge >= 0.3 is 5.63 Å². The van der Waals surface area contributed by atoms with Crippen LogP contribution < -0.4 is 10.4 Å². The number of hydrogen-bond acceptors (Lipinski definition) is 6. The quantitative estimate of drug-likeness (QED) is 0.439. The van der Waals surface area contributed by atoms with Gasteiger partial charge in [-0.2, -0.15) is 0 Å². The number of fused-ring (bicyclic) bond motifs is 2. The van der Waals surface area contributed by atoms with E-state index >= 15 is 0 Å². The monoisotopic (exact) mass is 406 g/mol. The standard InChI is InChI=1S/C23H22N2O3S/c1-27-16-9-10-17-15(12-22(26)28-20(17)13-16)14-25-11-5-4-7-19(25)23-24-18-6-2-3-8-21(18)29-23/h2-3,6,8-10,12-13,19H,4-5,7,11,14H2,1H3/t19-/m0/s1. The van der Waals surface area contributed by atoms with Crippen LogP contribution in [0.1, 0.15) is 35.9 Å². The molecule has 148 valence electrons. The van der Waals surface area contributed by atoms with Crippen LogP contribution in [0.5, 0.6) is 5.75 Å². The van der Waals surface area contributed by atoms with E-state index in [0.29, 0.717) is 17.9 Å². The first-order chi connectivity index (χ1) is 14.2. The van der Waals surface area contributed by atoms with Crippen LogP contribution in [0.15, 0.2) is 57.7 Å². The average molecular weight is 407 g/mol. The van der Waals surface area contributed by atoms with E-state index in [0.717, 1.165) is 35.9 Å². The zero-order valence-electron chi connectivity index (χ0n) is 16.3. The van der Waals surface area contributed by atoms with E-state index in [1.165, 1.54) is 16.1 Å². The molecule has 0 amide bonds. The number of ether oxygens (including phenoxy) is 1. The van der Waals surface area contributed by atoms with Crippen LogP contribution >= 0.6 is 11.3 Å². The van der Waals surface area contributed by atoms with Gasteiger partial charge in [-0.25, -0.2) is 9.78 Å². The van der Waals surface area contributed by atoms with Crippen LogP contribution in [-0.4, -0.2) is 23.5 Å². The highest BCUT2D eigenvalue weighted by molar-refractivity contribution is 7.18. The molecule has 6 heteroatoms. The Morgan fingerprint density at radius 3 is 2.97 bits per heavy atom. The minimum atomic E-state index is -0.325. The maximum atomic E-state index is 12.2. The Morgan fingerprint density at radius 2 is 2.10 bits per heavy atom. The lowest BCUT2D eigenvalue weighted by Gasteiger charge is -2.34. The first-order valence-electron chi connectivity index (χ1n) is 9.91. The number of aromatic nitrogens is 1.